The number of hydrogen-bond acceptors (Lipinski definition) is 3. The summed E-state index contributed by atoms with van der Waals surface area (Å²) >= 11 is 3.26. The summed E-state index contributed by atoms with van der Waals surface area (Å²) in [4.78, 5) is 7.86. The van der Waals surface area contributed by atoms with E-state index < -0.39 is 12.5 Å². The molecule has 0 aromatic carbocycles. The summed E-state index contributed by atoms with van der Waals surface area (Å²) in [6, 6.07) is 5.55. The molecule has 0 saturated carbocycles. The smallest absolute Gasteiger partial charge is 0.262 e. The first-order chi connectivity index (χ1) is 8.68. The zero-order valence-electron chi connectivity index (χ0n) is 9.22. The van der Waals surface area contributed by atoms with Gasteiger partial charge in [-0.05, 0) is 39.7 Å². The fraction of sp³-hybridized carbons (Fsp3) is 0.167. The van der Waals surface area contributed by atoms with Gasteiger partial charge in [0, 0.05) is 18.6 Å². The zero-order valence-corrected chi connectivity index (χ0v) is 10.8. The lowest BCUT2D eigenvalue weighted by Gasteiger charge is -2.19. The second-order valence-electron chi connectivity index (χ2n) is 3.58. The highest BCUT2D eigenvalue weighted by Gasteiger charge is 2.23. The molecule has 2 heterocycles. The molecule has 1 unspecified atom stereocenters. The highest BCUT2D eigenvalue weighted by atomic mass is 79.9. The average molecular weight is 314 g/mol. The molecule has 0 aliphatic carbocycles. The first kappa shape index (κ1) is 12.9. The maximum absolute atomic E-state index is 13.1. The highest BCUT2D eigenvalue weighted by molar-refractivity contribution is 9.10. The van der Waals surface area contributed by atoms with Crippen LogP contribution in [0.4, 0.5) is 14.6 Å². The highest BCUT2D eigenvalue weighted by Crippen LogP contribution is 2.27. The van der Waals surface area contributed by atoms with Crippen molar-refractivity contribution in [3.05, 3.63) is 52.9 Å². The molecule has 1 atom stereocenters. The van der Waals surface area contributed by atoms with E-state index in [2.05, 4.69) is 31.2 Å². The Bertz CT molecular complexity index is 508. The van der Waals surface area contributed by atoms with Crippen LogP contribution in [0.2, 0.25) is 0 Å². The van der Waals surface area contributed by atoms with Crippen LogP contribution in [-0.2, 0) is 0 Å². The lowest BCUT2D eigenvalue weighted by atomic mass is 10.1. The number of alkyl halides is 2. The number of nitrogens with one attached hydrogen (secondary N) is 1. The quantitative estimate of drug-likeness (QED) is 0.936. The van der Waals surface area contributed by atoms with Gasteiger partial charge in [-0.2, -0.15) is 0 Å². The van der Waals surface area contributed by atoms with Gasteiger partial charge in [-0.15, -0.1) is 0 Å². The molecule has 18 heavy (non-hydrogen) atoms. The minimum atomic E-state index is -2.55. The molecule has 0 radical (unpaired) electrons. The number of rotatable bonds is 4. The van der Waals surface area contributed by atoms with E-state index in [0.29, 0.717) is 15.9 Å². The van der Waals surface area contributed by atoms with Gasteiger partial charge >= 0.3 is 0 Å². The number of hydrogen-bond donors (Lipinski definition) is 1. The molecule has 0 aliphatic rings. The van der Waals surface area contributed by atoms with Gasteiger partial charge in [-0.25, -0.2) is 13.8 Å². The van der Waals surface area contributed by atoms with Crippen molar-refractivity contribution in [3.63, 3.8) is 0 Å². The zero-order chi connectivity index (χ0) is 13.0. The molecule has 2 aromatic rings. The van der Waals surface area contributed by atoms with Gasteiger partial charge < -0.3 is 5.32 Å². The predicted molar refractivity (Wildman–Crippen MR) is 68.5 cm³/mol. The molecule has 0 bridgehead atoms. The van der Waals surface area contributed by atoms with Crippen molar-refractivity contribution in [1.29, 1.82) is 0 Å². The Morgan fingerprint density at radius 2 is 1.94 bits per heavy atom. The van der Waals surface area contributed by atoms with Crippen LogP contribution in [0.15, 0.2) is 47.3 Å². The lowest BCUT2D eigenvalue weighted by Crippen LogP contribution is -2.19. The fourth-order valence-electron chi connectivity index (χ4n) is 1.49. The Labute approximate surface area is 111 Å². The van der Waals surface area contributed by atoms with Crippen molar-refractivity contribution in [2.75, 3.05) is 5.32 Å². The van der Waals surface area contributed by atoms with Crippen LogP contribution in [0, 0.1) is 0 Å². The van der Waals surface area contributed by atoms with Gasteiger partial charge in [0.05, 0.1) is 4.47 Å². The van der Waals surface area contributed by atoms with Crippen molar-refractivity contribution >= 4 is 21.7 Å². The van der Waals surface area contributed by atoms with Crippen LogP contribution in [0.1, 0.15) is 11.6 Å². The maximum Gasteiger partial charge on any atom is 0.262 e. The van der Waals surface area contributed by atoms with Gasteiger partial charge in [0.1, 0.15) is 11.9 Å². The average Bonchev–Trinajstić information content (AvgIpc) is 2.38. The standard InChI is InChI=1S/C12H10BrF2N3/c13-9-4-2-6-17-12(9)18-10(11(14)15)8-3-1-5-16-7-8/h1-7,10-11H,(H,17,18). The van der Waals surface area contributed by atoms with Crippen LogP contribution in [-0.4, -0.2) is 16.4 Å². The summed E-state index contributed by atoms with van der Waals surface area (Å²) in [6.07, 6.45) is 1.95. The third kappa shape index (κ3) is 3.01. The van der Waals surface area contributed by atoms with E-state index in [1.54, 1.807) is 36.7 Å². The van der Waals surface area contributed by atoms with E-state index in [1.165, 1.54) is 6.20 Å². The van der Waals surface area contributed by atoms with E-state index in [9.17, 15) is 8.78 Å². The van der Waals surface area contributed by atoms with E-state index >= 15 is 0 Å². The minimum absolute atomic E-state index is 0.381. The van der Waals surface area contributed by atoms with Crippen LogP contribution in [0.25, 0.3) is 0 Å². The van der Waals surface area contributed by atoms with Crippen LogP contribution >= 0.6 is 15.9 Å². The number of aromatic nitrogens is 2. The Hall–Kier alpha value is -1.56. The fourth-order valence-corrected chi connectivity index (χ4v) is 1.86. The molecule has 2 aromatic heterocycles. The molecular formula is C12H10BrF2N3. The first-order valence-corrected chi connectivity index (χ1v) is 6.03. The number of anilines is 1. The SMILES string of the molecule is FC(F)C(Nc1ncccc1Br)c1cccnc1. The van der Waals surface area contributed by atoms with Gasteiger partial charge in [0.2, 0.25) is 0 Å². The van der Waals surface area contributed by atoms with Gasteiger partial charge in [-0.1, -0.05) is 6.07 Å². The molecular weight excluding hydrogens is 304 g/mol. The first-order valence-electron chi connectivity index (χ1n) is 5.23. The molecule has 0 fully saturated rings. The largest absolute Gasteiger partial charge is 0.357 e. The van der Waals surface area contributed by atoms with E-state index in [0.717, 1.165) is 0 Å². The van der Waals surface area contributed by atoms with Crippen molar-refractivity contribution in [2.45, 2.75) is 12.5 Å². The Morgan fingerprint density at radius 1 is 1.17 bits per heavy atom. The normalized spacial score (nSPS) is 12.4. The van der Waals surface area contributed by atoms with Crippen LogP contribution in [0.5, 0.6) is 0 Å². The molecule has 0 spiro atoms. The summed E-state index contributed by atoms with van der Waals surface area (Å²) < 4.78 is 26.8. The Kier molecular flexibility index (Phi) is 4.19. The number of pyridine rings is 2. The maximum atomic E-state index is 13.1. The van der Waals surface area contributed by atoms with E-state index in [-0.39, 0.29) is 0 Å². The second kappa shape index (κ2) is 5.86. The summed E-state index contributed by atoms with van der Waals surface area (Å²) in [6.45, 7) is 0. The molecule has 0 aliphatic heterocycles. The van der Waals surface area contributed by atoms with Crippen molar-refractivity contribution in [2.24, 2.45) is 0 Å². The molecule has 2 rings (SSSR count). The Morgan fingerprint density at radius 3 is 2.56 bits per heavy atom. The van der Waals surface area contributed by atoms with Gasteiger partial charge in [0.15, 0.2) is 0 Å². The van der Waals surface area contributed by atoms with Crippen molar-refractivity contribution in [3.8, 4) is 0 Å². The van der Waals surface area contributed by atoms with Crippen LogP contribution in [0.3, 0.4) is 0 Å². The van der Waals surface area contributed by atoms with Gasteiger partial charge in [-0.3, -0.25) is 4.98 Å². The monoisotopic (exact) mass is 313 g/mol. The second-order valence-corrected chi connectivity index (χ2v) is 4.43. The predicted octanol–water partition coefficient (Wildman–Crippen LogP) is 3.66. The third-order valence-electron chi connectivity index (χ3n) is 2.35. The topological polar surface area (TPSA) is 37.8 Å². The summed E-state index contributed by atoms with van der Waals surface area (Å²) in [5, 5.41) is 2.72. The Balaban J connectivity index is 2.26. The molecule has 3 nitrogen and oxygen atoms in total. The molecule has 94 valence electrons. The molecule has 0 amide bonds. The summed E-state index contributed by atoms with van der Waals surface area (Å²) in [5.74, 6) is 0.381. The minimum Gasteiger partial charge on any atom is -0.357 e. The molecule has 0 saturated heterocycles. The van der Waals surface area contributed by atoms with Crippen molar-refractivity contribution in [1.82, 2.24) is 9.97 Å². The molecule has 1 N–H and O–H groups in total. The lowest BCUT2D eigenvalue weighted by molar-refractivity contribution is 0.124. The third-order valence-corrected chi connectivity index (χ3v) is 2.99. The van der Waals surface area contributed by atoms with Crippen molar-refractivity contribution < 1.29 is 8.78 Å². The summed E-state index contributed by atoms with van der Waals surface area (Å²) in [5.41, 5.74) is 0.421. The van der Waals surface area contributed by atoms with E-state index in [1.807, 2.05) is 0 Å². The van der Waals surface area contributed by atoms with E-state index in [4.69, 9.17) is 0 Å². The number of nitrogens with zero attached hydrogens (tertiary/aromatic N) is 2. The van der Waals surface area contributed by atoms with Crippen LogP contribution < -0.4 is 5.32 Å². The number of halogens is 3. The van der Waals surface area contributed by atoms with Gasteiger partial charge in [0.25, 0.3) is 6.43 Å². The molecule has 6 heteroatoms. The summed E-state index contributed by atoms with van der Waals surface area (Å²) in [7, 11) is 0.